The number of esters is 1. The zero-order valence-electron chi connectivity index (χ0n) is 11.3. The molecule has 0 unspecified atom stereocenters. The summed E-state index contributed by atoms with van der Waals surface area (Å²) in [7, 11) is 0. The zero-order valence-corrected chi connectivity index (χ0v) is 11.3. The number of aromatic nitrogens is 2. The first-order valence-corrected chi connectivity index (χ1v) is 6.39. The summed E-state index contributed by atoms with van der Waals surface area (Å²) in [5.41, 5.74) is 6.13. The van der Waals surface area contributed by atoms with Crippen molar-refractivity contribution in [2.45, 2.75) is 13.3 Å². The number of nitrogens with one attached hydrogen (secondary N) is 1. The summed E-state index contributed by atoms with van der Waals surface area (Å²) in [4.78, 5) is 32.8. The lowest BCUT2D eigenvalue weighted by Crippen LogP contribution is -2.48. The van der Waals surface area contributed by atoms with Crippen LogP contribution in [0.1, 0.15) is 12.6 Å². The molecule has 0 aromatic carbocycles. The standard InChI is InChI=1S/C12H17N5O3/c1-2-20-11(19)6-8-5-9(16-12(13)15-8)17-4-3-14-10(18)7-17/h5H,2-4,6-7H2,1H3,(H,14,18)(H2,13,15,16). The first kappa shape index (κ1) is 14.0. The number of carbonyl (C=O) groups is 2. The first-order chi connectivity index (χ1) is 9.58. The van der Waals surface area contributed by atoms with Gasteiger partial charge in [-0.15, -0.1) is 0 Å². The van der Waals surface area contributed by atoms with Crippen molar-refractivity contribution in [1.29, 1.82) is 0 Å². The molecule has 2 rings (SSSR count). The Bertz CT molecular complexity index is 520. The molecule has 1 saturated heterocycles. The molecule has 1 aliphatic heterocycles. The minimum atomic E-state index is -0.368. The van der Waals surface area contributed by atoms with Gasteiger partial charge in [-0.3, -0.25) is 9.59 Å². The molecule has 1 fully saturated rings. The van der Waals surface area contributed by atoms with Crippen LogP contribution < -0.4 is 16.0 Å². The second-order valence-electron chi connectivity index (χ2n) is 4.33. The van der Waals surface area contributed by atoms with Crippen LogP contribution in [0.2, 0.25) is 0 Å². The number of piperazine rings is 1. The summed E-state index contributed by atoms with van der Waals surface area (Å²) in [6.07, 6.45) is 0.0353. The zero-order chi connectivity index (χ0) is 14.5. The molecule has 8 nitrogen and oxygen atoms in total. The SMILES string of the molecule is CCOC(=O)Cc1cc(N2CCNC(=O)C2)nc(N)n1. The lowest BCUT2D eigenvalue weighted by molar-refractivity contribution is -0.142. The topological polar surface area (TPSA) is 110 Å². The molecule has 2 heterocycles. The van der Waals surface area contributed by atoms with Crippen molar-refractivity contribution in [3.63, 3.8) is 0 Å². The van der Waals surface area contributed by atoms with Gasteiger partial charge in [-0.1, -0.05) is 0 Å². The third kappa shape index (κ3) is 3.56. The number of hydrogen-bond acceptors (Lipinski definition) is 7. The third-order valence-corrected chi connectivity index (χ3v) is 2.78. The van der Waals surface area contributed by atoms with Gasteiger partial charge >= 0.3 is 5.97 Å². The van der Waals surface area contributed by atoms with Crippen molar-refractivity contribution >= 4 is 23.6 Å². The fraction of sp³-hybridized carbons (Fsp3) is 0.500. The monoisotopic (exact) mass is 279 g/mol. The lowest BCUT2D eigenvalue weighted by Gasteiger charge is -2.27. The van der Waals surface area contributed by atoms with Crippen LogP contribution >= 0.6 is 0 Å². The Balaban J connectivity index is 2.15. The van der Waals surface area contributed by atoms with Crippen LogP contribution in [-0.4, -0.2) is 48.1 Å². The lowest BCUT2D eigenvalue weighted by atomic mass is 10.2. The number of nitrogens with zero attached hydrogens (tertiary/aromatic N) is 3. The molecule has 1 aliphatic rings. The van der Waals surface area contributed by atoms with Crippen molar-refractivity contribution in [2.24, 2.45) is 0 Å². The molecule has 8 heteroatoms. The van der Waals surface area contributed by atoms with Crippen LogP contribution in [0.25, 0.3) is 0 Å². The number of anilines is 2. The van der Waals surface area contributed by atoms with Gasteiger partial charge in [0.05, 0.1) is 25.3 Å². The number of nitrogen functional groups attached to an aromatic ring is 1. The predicted octanol–water partition coefficient (Wildman–Crippen LogP) is -0.899. The fourth-order valence-corrected chi connectivity index (χ4v) is 1.95. The molecule has 1 aromatic heterocycles. The maximum atomic E-state index is 11.5. The number of nitrogens with two attached hydrogens (primary N) is 1. The van der Waals surface area contributed by atoms with Crippen LogP contribution in [0.4, 0.5) is 11.8 Å². The van der Waals surface area contributed by atoms with E-state index in [2.05, 4.69) is 15.3 Å². The van der Waals surface area contributed by atoms with Gasteiger partial charge in [-0.2, -0.15) is 4.98 Å². The van der Waals surface area contributed by atoms with Crippen LogP contribution in [0.15, 0.2) is 6.07 Å². The maximum Gasteiger partial charge on any atom is 0.311 e. The van der Waals surface area contributed by atoms with Gasteiger partial charge in [-0.25, -0.2) is 4.98 Å². The summed E-state index contributed by atoms with van der Waals surface area (Å²) < 4.78 is 4.87. The van der Waals surface area contributed by atoms with E-state index in [1.807, 2.05) is 0 Å². The molecule has 3 N–H and O–H groups in total. The van der Waals surface area contributed by atoms with Gasteiger partial charge < -0.3 is 20.7 Å². The average Bonchev–Trinajstić information content (AvgIpc) is 2.38. The molecule has 0 radical (unpaired) electrons. The molecule has 0 bridgehead atoms. The van der Waals surface area contributed by atoms with E-state index in [9.17, 15) is 9.59 Å². The van der Waals surface area contributed by atoms with E-state index in [1.54, 1.807) is 17.9 Å². The largest absolute Gasteiger partial charge is 0.466 e. The molecule has 108 valence electrons. The number of hydrogen-bond donors (Lipinski definition) is 2. The molecule has 0 saturated carbocycles. The molecule has 0 aliphatic carbocycles. The smallest absolute Gasteiger partial charge is 0.311 e. The number of carbonyl (C=O) groups excluding carboxylic acids is 2. The highest BCUT2D eigenvalue weighted by molar-refractivity contribution is 5.82. The average molecular weight is 279 g/mol. The Morgan fingerprint density at radius 3 is 3.05 bits per heavy atom. The number of rotatable bonds is 4. The second-order valence-corrected chi connectivity index (χ2v) is 4.33. The van der Waals surface area contributed by atoms with Crippen molar-refractivity contribution < 1.29 is 14.3 Å². The van der Waals surface area contributed by atoms with E-state index in [1.165, 1.54) is 0 Å². The Morgan fingerprint density at radius 1 is 1.55 bits per heavy atom. The van der Waals surface area contributed by atoms with Gasteiger partial charge in [0.15, 0.2) is 0 Å². The summed E-state index contributed by atoms with van der Waals surface area (Å²) in [5, 5.41) is 2.73. The van der Waals surface area contributed by atoms with Gasteiger partial charge in [0.2, 0.25) is 11.9 Å². The maximum absolute atomic E-state index is 11.5. The van der Waals surface area contributed by atoms with Crippen molar-refractivity contribution in [3.05, 3.63) is 11.8 Å². The summed E-state index contributed by atoms with van der Waals surface area (Å²) in [5.74, 6) is 0.188. The number of amides is 1. The van der Waals surface area contributed by atoms with Crippen LogP contribution in [0, 0.1) is 0 Å². The summed E-state index contributed by atoms with van der Waals surface area (Å²) >= 11 is 0. The quantitative estimate of drug-likeness (QED) is 0.687. The van der Waals surface area contributed by atoms with E-state index in [-0.39, 0.29) is 30.8 Å². The summed E-state index contributed by atoms with van der Waals surface area (Å²) in [6, 6.07) is 1.66. The second kappa shape index (κ2) is 6.18. The van der Waals surface area contributed by atoms with Gasteiger partial charge in [0, 0.05) is 19.2 Å². The highest BCUT2D eigenvalue weighted by Crippen LogP contribution is 2.15. The van der Waals surface area contributed by atoms with Crippen LogP contribution in [-0.2, 0) is 20.7 Å². The highest BCUT2D eigenvalue weighted by Gasteiger charge is 2.19. The highest BCUT2D eigenvalue weighted by atomic mass is 16.5. The number of ether oxygens (including phenoxy) is 1. The van der Waals surface area contributed by atoms with E-state index >= 15 is 0 Å². The fourth-order valence-electron chi connectivity index (χ4n) is 1.95. The van der Waals surface area contributed by atoms with Crippen LogP contribution in [0.3, 0.4) is 0 Å². The van der Waals surface area contributed by atoms with Crippen molar-refractivity contribution in [1.82, 2.24) is 15.3 Å². The van der Waals surface area contributed by atoms with Crippen LogP contribution in [0.5, 0.6) is 0 Å². The molecule has 0 atom stereocenters. The Labute approximate surface area is 116 Å². The first-order valence-electron chi connectivity index (χ1n) is 6.39. The van der Waals surface area contributed by atoms with Crippen molar-refractivity contribution in [3.8, 4) is 0 Å². The Kier molecular flexibility index (Phi) is 4.34. The normalized spacial score (nSPS) is 14.8. The Morgan fingerprint density at radius 2 is 2.35 bits per heavy atom. The molecular formula is C12H17N5O3. The third-order valence-electron chi connectivity index (χ3n) is 2.78. The van der Waals surface area contributed by atoms with Crippen molar-refractivity contribution in [2.75, 3.05) is 36.9 Å². The molecule has 20 heavy (non-hydrogen) atoms. The molecule has 1 aromatic rings. The minimum absolute atomic E-state index is 0.0353. The van der Waals surface area contributed by atoms with E-state index in [0.717, 1.165) is 0 Å². The molecule has 1 amide bonds. The molecular weight excluding hydrogens is 262 g/mol. The van der Waals surface area contributed by atoms with E-state index < -0.39 is 0 Å². The van der Waals surface area contributed by atoms with Gasteiger partial charge in [0.1, 0.15) is 5.82 Å². The van der Waals surface area contributed by atoms with E-state index in [0.29, 0.717) is 31.2 Å². The predicted molar refractivity (Wildman–Crippen MR) is 72.0 cm³/mol. The minimum Gasteiger partial charge on any atom is -0.466 e. The van der Waals surface area contributed by atoms with E-state index in [4.69, 9.17) is 10.5 Å². The van der Waals surface area contributed by atoms with Gasteiger partial charge in [-0.05, 0) is 6.92 Å². The van der Waals surface area contributed by atoms with Gasteiger partial charge in [0.25, 0.3) is 0 Å². The Hall–Kier alpha value is -2.38. The molecule has 0 spiro atoms. The summed E-state index contributed by atoms with van der Waals surface area (Å²) in [6.45, 7) is 3.47.